The molecule has 0 aliphatic carbocycles. The van der Waals surface area contributed by atoms with Gasteiger partial charge in [-0.3, -0.25) is 4.79 Å². The third kappa shape index (κ3) is 4.00. The quantitative estimate of drug-likeness (QED) is 0.559. The Morgan fingerprint density at radius 1 is 1.35 bits per heavy atom. The Morgan fingerprint density at radius 3 is 2.58 bits per heavy atom. The van der Waals surface area contributed by atoms with Crippen molar-refractivity contribution in [1.82, 2.24) is 10.2 Å². The number of hydrogen-bond acceptors (Lipinski definition) is 6. The molecular formula is C18H28N2O6. The second-order valence-electron chi connectivity index (χ2n) is 7.97. The molecule has 8 nitrogen and oxygen atoms in total. The lowest BCUT2D eigenvalue weighted by Crippen LogP contribution is -2.60. The molecule has 0 saturated carbocycles. The van der Waals surface area contributed by atoms with E-state index in [1.54, 1.807) is 33.8 Å². The predicted molar refractivity (Wildman–Crippen MR) is 93.2 cm³/mol. The zero-order valence-corrected chi connectivity index (χ0v) is 15.9. The van der Waals surface area contributed by atoms with Gasteiger partial charge in [0.25, 0.3) is 0 Å². The second-order valence-corrected chi connectivity index (χ2v) is 7.97. The third-order valence-electron chi connectivity index (χ3n) is 4.80. The molecule has 0 spiro atoms. The molecule has 4 atom stereocenters. The highest BCUT2D eigenvalue weighted by Gasteiger charge is 2.55. The number of carbonyl (C=O) groups excluding carboxylic acids is 3. The number of hydrogen-bond donors (Lipinski definition) is 2. The molecule has 2 rings (SSSR count). The molecule has 2 aliphatic rings. The topological polar surface area (TPSA) is 105 Å². The molecular weight excluding hydrogens is 340 g/mol. The van der Waals surface area contributed by atoms with E-state index in [2.05, 4.69) is 5.32 Å². The van der Waals surface area contributed by atoms with Gasteiger partial charge in [0.2, 0.25) is 5.91 Å². The Kier molecular flexibility index (Phi) is 5.65. The maximum atomic E-state index is 13.2. The molecule has 0 aromatic carbocycles. The number of nitrogens with one attached hydrogen (secondary N) is 1. The lowest BCUT2D eigenvalue weighted by atomic mass is 9.89. The van der Waals surface area contributed by atoms with Gasteiger partial charge in [-0.1, -0.05) is 12.2 Å². The van der Waals surface area contributed by atoms with E-state index in [1.165, 1.54) is 12.0 Å². The number of methoxy groups -OCH3 is 1. The lowest BCUT2D eigenvalue weighted by Gasteiger charge is -2.41. The van der Waals surface area contributed by atoms with Crippen molar-refractivity contribution in [2.45, 2.75) is 76.3 Å². The van der Waals surface area contributed by atoms with Crippen molar-refractivity contribution in [3.05, 3.63) is 12.2 Å². The van der Waals surface area contributed by atoms with E-state index >= 15 is 0 Å². The first kappa shape index (κ1) is 20.2. The van der Waals surface area contributed by atoms with E-state index < -0.39 is 47.3 Å². The smallest absolute Gasteiger partial charge is 0.408 e. The highest BCUT2D eigenvalue weighted by atomic mass is 16.6. The second kappa shape index (κ2) is 7.26. The zero-order valence-electron chi connectivity index (χ0n) is 15.9. The average Bonchev–Trinajstić information content (AvgIpc) is 2.77. The van der Waals surface area contributed by atoms with E-state index in [9.17, 15) is 19.5 Å². The van der Waals surface area contributed by atoms with Crippen molar-refractivity contribution in [1.29, 1.82) is 0 Å². The fourth-order valence-electron chi connectivity index (χ4n) is 3.46. The summed E-state index contributed by atoms with van der Waals surface area (Å²) in [5, 5.41) is 13.1. The summed E-state index contributed by atoms with van der Waals surface area (Å²) >= 11 is 0. The van der Waals surface area contributed by atoms with Crippen molar-refractivity contribution < 1.29 is 29.0 Å². The van der Waals surface area contributed by atoms with Gasteiger partial charge in [0.1, 0.15) is 17.7 Å². The van der Waals surface area contributed by atoms with Crippen LogP contribution in [0.4, 0.5) is 4.79 Å². The molecule has 1 fully saturated rings. The van der Waals surface area contributed by atoms with Crippen molar-refractivity contribution in [3.8, 4) is 0 Å². The minimum atomic E-state index is -0.944. The normalized spacial score (nSPS) is 32.9. The Balaban J connectivity index is 2.30. The molecule has 0 radical (unpaired) electrons. The summed E-state index contributed by atoms with van der Waals surface area (Å²) in [4.78, 5) is 38.8. The maximum Gasteiger partial charge on any atom is 0.408 e. The number of esters is 1. The summed E-state index contributed by atoms with van der Waals surface area (Å²) in [6.45, 7) is 6.92. The predicted octanol–water partition coefficient (Wildman–Crippen LogP) is 1.12. The highest BCUT2D eigenvalue weighted by molar-refractivity contribution is 5.91. The Morgan fingerprint density at radius 2 is 2.00 bits per heavy atom. The number of fused-ring (bicyclic) bond motifs is 1. The van der Waals surface area contributed by atoms with Gasteiger partial charge >= 0.3 is 12.1 Å². The van der Waals surface area contributed by atoms with Gasteiger partial charge in [0.05, 0.1) is 18.8 Å². The number of carbonyl (C=O) groups is 3. The molecule has 2 amide bonds. The fourth-order valence-corrected chi connectivity index (χ4v) is 3.46. The first-order valence-corrected chi connectivity index (χ1v) is 8.73. The van der Waals surface area contributed by atoms with Crippen LogP contribution in [-0.2, 0) is 19.1 Å². The van der Waals surface area contributed by atoms with E-state index in [0.717, 1.165) is 0 Å². The van der Waals surface area contributed by atoms with Gasteiger partial charge in [-0.2, -0.15) is 0 Å². The largest absolute Gasteiger partial charge is 0.467 e. The summed E-state index contributed by atoms with van der Waals surface area (Å²) in [6, 6.07) is -1.78. The van der Waals surface area contributed by atoms with Gasteiger partial charge in [-0.15, -0.1) is 0 Å². The summed E-state index contributed by atoms with van der Waals surface area (Å²) in [5.74, 6) is -1.02. The lowest BCUT2D eigenvalue weighted by molar-refractivity contribution is -0.155. The Bertz CT molecular complexity index is 611. The Hall–Kier alpha value is -2.09. The van der Waals surface area contributed by atoms with Gasteiger partial charge in [0.15, 0.2) is 0 Å². The molecule has 2 aliphatic heterocycles. The first-order valence-electron chi connectivity index (χ1n) is 8.73. The van der Waals surface area contributed by atoms with Crippen LogP contribution in [0, 0.1) is 0 Å². The Labute approximate surface area is 153 Å². The summed E-state index contributed by atoms with van der Waals surface area (Å²) in [7, 11) is 1.25. The van der Waals surface area contributed by atoms with Crippen LogP contribution in [0.15, 0.2) is 12.2 Å². The number of ether oxygens (including phenoxy) is 2. The minimum Gasteiger partial charge on any atom is -0.467 e. The van der Waals surface area contributed by atoms with E-state index in [4.69, 9.17) is 9.47 Å². The van der Waals surface area contributed by atoms with Crippen LogP contribution in [0.5, 0.6) is 0 Å². The number of nitrogens with zero attached hydrogens (tertiary/aromatic N) is 1. The molecule has 2 N–H and O–H groups in total. The molecule has 26 heavy (non-hydrogen) atoms. The van der Waals surface area contributed by atoms with Crippen LogP contribution in [0.3, 0.4) is 0 Å². The fraction of sp³-hybridized carbons (Fsp3) is 0.722. The summed E-state index contributed by atoms with van der Waals surface area (Å²) in [5.41, 5.74) is -1.64. The molecule has 1 saturated heterocycles. The van der Waals surface area contributed by atoms with Crippen molar-refractivity contribution in [2.75, 3.05) is 7.11 Å². The monoisotopic (exact) mass is 368 g/mol. The van der Waals surface area contributed by atoms with Gasteiger partial charge in [-0.05, 0) is 40.5 Å². The maximum absolute atomic E-state index is 13.2. The van der Waals surface area contributed by atoms with Crippen LogP contribution in [0.1, 0.15) is 47.0 Å². The zero-order chi connectivity index (χ0) is 19.7. The van der Waals surface area contributed by atoms with Crippen LogP contribution >= 0.6 is 0 Å². The van der Waals surface area contributed by atoms with E-state index in [-0.39, 0.29) is 12.8 Å². The molecule has 8 heteroatoms. The first-order chi connectivity index (χ1) is 12.0. The number of alkyl carbamates (subject to hydrolysis) is 1. The van der Waals surface area contributed by atoms with Gasteiger partial charge in [0, 0.05) is 6.42 Å². The standard InChI is InChI=1S/C18H28N2O6/c1-17(2,3)26-16(24)19-11-8-6-7-9-18(4)13(21)10-12(15(23)25-5)20(18)14(11)22/h6-7,11-13,21H,8-10H2,1-5H3,(H,19,24)/b7-6-/t11-,12-,13+,18?/m0/s1. The molecule has 0 aromatic heterocycles. The SMILES string of the molecule is COC(=O)[C@@H]1C[C@@H](O)C2(C)C/C=C\C[C@H](NC(=O)OC(C)(C)C)C(=O)N12. The number of aliphatic hydroxyl groups excluding tert-OH is 1. The summed E-state index contributed by atoms with van der Waals surface area (Å²) in [6.07, 6.45) is 2.84. The van der Waals surface area contributed by atoms with Crippen molar-refractivity contribution >= 4 is 18.0 Å². The molecule has 1 unspecified atom stereocenters. The minimum absolute atomic E-state index is 0.0991. The third-order valence-corrected chi connectivity index (χ3v) is 4.80. The highest BCUT2D eigenvalue weighted by Crippen LogP contribution is 2.39. The average molecular weight is 368 g/mol. The molecule has 0 aromatic rings. The van der Waals surface area contributed by atoms with E-state index in [0.29, 0.717) is 6.42 Å². The van der Waals surface area contributed by atoms with Crippen LogP contribution in [0.2, 0.25) is 0 Å². The number of rotatable bonds is 2. The number of aliphatic hydroxyl groups is 1. The van der Waals surface area contributed by atoms with E-state index in [1.807, 2.05) is 6.08 Å². The molecule has 2 heterocycles. The van der Waals surface area contributed by atoms with Crippen LogP contribution in [-0.4, -0.2) is 64.4 Å². The van der Waals surface area contributed by atoms with Gasteiger partial charge in [-0.25, -0.2) is 9.59 Å². The van der Waals surface area contributed by atoms with Crippen LogP contribution in [0.25, 0.3) is 0 Å². The van der Waals surface area contributed by atoms with Crippen molar-refractivity contribution in [3.63, 3.8) is 0 Å². The van der Waals surface area contributed by atoms with Gasteiger partial charge < -0.3 is 24.8 Å². The van der Waals surface area contributed by atoms with Crippen LogP contribution < -0.4 is 5.32 Å². The van der Waals surface area contributed by atoms with Crippen molar-refractivity contribution in [2.24, 2.45) is 0 Å². The summed E-state index contributed by atoms with van der Waals surface area (Å²) < 4.78 is 10.0. The molecule has 0 bridgehead atoms. The number of amides is 2. The molecule has 146 valence electrons.